The Bertz CT molecular complexity index is 290. The molecule has 0 aliphatic carbocycles. The van der Waals surface area contributed by atoms with Gasteiger partial charge in [0.25, 0.3) is 0 Å². The van der Waals surface area contributed by atoms with Gasteiger partial charge in [-0.3, -0.25) is 9.48 Å². The summed E-state index contributed by atoms with van der Waals surface area (Å²) < 4.78 is 1.58. The lowest BCUT2D eigenvalue weighted by Gasteiger charge is -1.90. The molecule has 0 aliphatic rings. The average Bonchev–Trinajstić information content (AvgIpc) is 2.36. The number of ketones is 1. The van der Waals surface area contributed by atoms with Crippen molar-refractivity contribution in [3.63, 3.8) is 0 Å². The maximum absolute atomic E-state index is 11.1. The van der Waals surface area contributed by atoms with Crippen LogP contribution in [0.3, 0.4) is 0 Å². The molecule has 0 radical (unpaired) electrons. The van der Waals surface area contributed by atoms with Gasteiger partial charge in [0.15, 0.2) is 0 Å². The van der Waals surface area contributed by atoms with E-state index in [0.29, 0.717) is 18.5 Å². The number of nitrogens with zero attached hydrogens (tertiary/aromatic N) is 3. The van der Waals surface area contributed by atoms with Gasteiger partial charge in [0.05, 0.1) is 12.1 Å². The normalized spacial score (nSPS) is 9.75. The van der Waals surface area contributed by atoms with E-state index in [1.807, 2.05) is 0 Å². The molecular weight excluding hydrogens is 154 g/mol. The Morgan fingerprint density at radius 3 is 3.08 bits per heavy atom. The number of aromatic nitrogens is 3. The van der Waals surface area contributed by atoms with E-state index in [-0.39, 0.29) is 5.78 Å². The Morgan fingerprint density at radius 1 is 1.83 bits per heavy atom. The van der Waals surface area contributed by atoms with Crippen LogP contribution in [0.1, 0.15) is 12.1 Å². The van der Waals surface area contributed by atoms with Crippen molar-refractivity contribution in [2.24, 2.45) is 7.05 Å². The summed E-state index contributed by atoms with van der Waals surface area (Å²) in [6.45, 7) is 3.49. The number of allylic oxidation sites excluding steroid dienone is 1. The smallest absolute Gasteiger partial charge is 0.142 e. The van der Waals surface area contributed by atoms with Crippen LogP contribution in [0.2, 0.25) is 0 Å². The van der Waals surface area contributed by atoms with Crippen LogP contribution in [0.4, 0.5) is 0 Å². The lowest BCUT2D eigenvalue weighted by atomic mass is 10.2. The molecule has 0 aliphatic heterocycles. The molecule has 1 rings (SSSR count). The van der Waals surface area contributed by atoms with Crippen molar-refractivity contribution < 1.29 is 4.79 Å². The van der Waals surface area contributed by atoms with Crippen LogP contribution in [0.25, 0.3) is 0 Å². The highest BCUT2D eigenvalue weighted by atomic mass is 16.1. The topological polar surface area (TPSA) is 47.8 Å². The summed E-state index contributed by atoms with van der Waals surface area (Å²) in [7, 11) is 1.77. The van der Waals surface area contributed by atoms with Gasteiger partial charge in [0.1, 0.15) is 5.78 Å². The van der Waals surface area contributed by atoms with Crippen molar-refractivity contribution in [1.82, 2.24) is 15.0 Å². The summed E-state index contributed by atoms with van der Waals surface area (Å²) in [6, 6.07) is 0. The first-order valence-corrected chi connectivity index (χ1v) is 3.70. The van der Waals surface area contributed by atoms with E-state index in [4.69, 9.17) is 0 Å². The highest BCUT2D eigenvalue weighted by Gasteiger charge is 2.04. The van der Waals surface area contributed by atoms with E-state index in [1.54, 1.807) is 24.0 Å². The number of rotatable bonds is 4. The highest BCUT2D eigenvalue weighted by molar-refractivity contribution is 5.81. The average molecular weight is 165 g/mol. The first kappa shape index (κ1) is 8.64. The van der Waals surface area contributed by atoms with Crippen LogP contribution in [-0.4, -0.2) is 20.8 Å². The zero-order chi connectivity index (χ0) is 8.97. The highest BCUT2D eigenvalue weighted by Crippen LogP contribution is 1.96. The van der Waals surface area contributed by atoms with Gasteiger partial charge in [-0.15, -0.1) is 11.7 Å². The van der Waals surface area contributed by atoms with E-state index in [0.717, 1.165) is 0 Å². The van der Waals surface area contributed by atoms with Gasteiger partial charge in [-0.2, -0.15) is 0 Å². The van der Waals surface area contributed by atoms with Gasteiger partial charge < -0.3 is 0 Å². The van der Waals surface area contributed by atoms with E-state index in [9.17, 15) is 4.79 Å². The fourth-order valence-corrected chi connectivity index (χ4v) is 0.911. The monoisotopic (exact) mass is 165 g/mol. The molecule has 0 fully saturated rings. The minimum Gasteiger partial charge on any atom is -0.299 e. The quantitative estimate of drug-likeness (QED) is 0.610. The SMILES string of the molecule is C=CCC(=O)Cc1cn(C)nn1. The van der Waals surface area contributed by atoms with Crippen molar-refractivity contribution in [1.29, 1.82) is 0 Å². The first-order valence-electron chi connectivity index (χ1n) is 3.70. The largest absolute Gasteiger partial charge is 0.299 e. The number of carbonyl (C=O) groups excluding carboxylic acids is 1. The summed E-state index contributed by atoms with van der Waals surface area (Å²) >= 11 is 0. The summed E-state index contributed by atoms with van der Waals surface area (Å²) in [5.74, 6) is 0.116. The van der Waals surface area contributed by atoms with E-state index < -0.39 is 0 Å². The summed E-state index contributed by atoms with van der Waals surface area (Å²) in [4.78, 5) is 11.1. The summed E-state index contributed by atoms with van der Waals surface area (Å²) in [5, 5.41) is 7.51. The molecule has 1 heterocycles. The maximum Gasteiger partial charge on any atom is 0.142 e. The minimum atomic E-state index is 0.116. The summed E-state index contributed by atoms with van der Waals surface area (Å²) in [5.41, 5.74) is 0.712. The third-order valence-corrected chi connectivity index (χ3v) is 1.40. The van der Waals surface area contributed by atoms with E-state index in [2.05, 4.69) is 16.9 Å². The third kappa shape index (κ3) is 2.30. The zero-order valence-corrected chi connectivity index (χ0v) is 7.03. The van der Waals surface area contributed by atoms with Crippen LogP contribution in [0.15, 0.2) is 18.9 Å². The molecule has 0 bridgehead atoms. The second-order valence-corrected chi connectivity index (χ2v) is 2.59. The van der Waals surface area contributed by atoms with Gasteiger partial charge in [-0.25, -0.2) is 0 Å². The Kier molecular flexibility index (Phi) is 2.74. The summed E-state index contributed by atoms with van der Waals surface area (Å²) in [6.07, 6.45) is 4.08. The third-order valence-electron chi connectivity index (χ3n) is 1.40. The van der Waals surface area contributed by atoms with Gasteiger partial charge >= 0.3 is 0 Å². The molecule has 0 saturated carbocycles. The molecule has 0 spiro atoms. The molecule has 0 unspecified atom stereocenters. The fourth-order valence-electron chi connectivity index (χ4n) is 0.911. The zero-order valence-electron chi connectivity index (χ0n) is 7.03. The number of carbonyl (C=O) groups is 1. The van der Waals surface area contributed by atoms with Gasteiger partial charge in [-0.1, -0.05) is 11.3 Å². The Balaban J connectivity index is 2.52. The predicted molar refractivity (Wildman–Crippen MR) is 44.5 cm³/mol. The molecule has 1 aromatic heterocycles. The predicted octanol–water partition coefficient (Wildman–Crippen LogP) is 0.503. The molecule has 4 nitrogen and oxygen atoms in total. The number of hydrogen-bond donors (Lipinski definition) is 0. The second kappa shape index (κ2) is 3.80. The molecule has 0 amide bonds. The molecule has 0 N–H and O–H groups in total. The molecule has 0 atom stereocenters. The molecule has 0 aromatic carbocycles. The Morgan fingerprint density at radius 2 is 2.58 bits per heavy atom. The molecule has 64 valence electrons. The number of Topliss-reactive ketones (excluding diaryl/α,β-unsaturated/α-hetero) is 1. The van der Waals surface area contributed by atoms with Gasteiger partial charge in [0.2, 0.25) is 0 Å². The van der Waals surface area contributed by atoms with Crippen LogP contribution in [-0.2, 0) is 18.3 Å². The van der Waals surface area contributed by atoms with Crippen molar-refractivity contribution >= 4 is 5.78 Å². The molecule has 0 saturated heterocycles. The first-order chi connectivity index (χ1) is 5.72. The van der Waals surface area contributed by atoms with Crippen LogP contribution in [0.5, 0.6) is 0 Å². The van der Waals surface area contributed by atoms with Gasteiger partial charge in [-0.05, 0) is 0 Å². The molecule has 4 heteroatoms. The Hall–Kier alpha value is -1.45. The van der Waals surface area contributed by atoms with Crippen LogP contribution < -0.4 is 0 Å². The van der Waals surface area contributed by atoms with Crippen molar-refractivity contribution in [2.75, 3.05) is 0 Å². The fraction of sp³-hybridized carbons (Fsp3) is 0.375. The van der Waals surface area contributed by atoms with Gasteiger partial charge in [0, 0.05) is 19.7 Å². The lowest BCUT2D eigenvalue weighted by Crippen LogP contribution is -2.00. The molecule has 1 aromatic rings. The molecular formula is C8H11N3O. The number of aryl methyl sites for hydroxylation is 1. The van der Waals surface area contributed by atoms with Crippen molar-refractivity contribution in [2.45, 2.75) is 12.8 Å². The maximum atomic E-state index is 11.1. The second-order valence-electron chi connectivity index (χ2n) is 2.59. The van der Waals surface area contributed by atoms with Crippen LogP contribution in [0, 0.1) is 0 Å². The minimum absolute atomic E-state index is 0.116. The van der Waals surface area contributed by atoms with Crippen molar-refractivity contribution in [3.05, 3.63) is 24.5 Å². The standard InChI is InChI=1S/C8H11N3O/c1-3-4-8(12)5-7-6-11(2)10-9-7/h3,6H,1,4-5H2,2H3. The van der Waals surface area contributed by atoms with E-state index >= 15 is 0 Å². The molecule has 12 heavy (non-hydrogen) atoms. The van der Waals surface area contributed by atoms with E-state index in [1.165, 1.54) is 0 Å². The van der Waals surface area contributed by atoms with Crippen molar-refractivity contribution in [3.8, 4) is 0 Å². The van der Waals surface area contributed by atoms with Crippen LogP contribution >= 0.6 is 0 Å². The lowest BCUT2D eigenvalue weighted by molar-refractivity contribution is -0.117. The number of hydrogen-bond acceptors (Lipinski definition) is 3. The Labute approximate surface area is 70.9 Å².